The highest BCUT2D eigenvalue weighted by atomic mass is 32.2. The molecule has 3 heterocycles. The molecule has 1 aromatic carbocycles. The number of anilines is 1. The van der Waals surface area contributed by atoms with Crippen LogP contribution < -0.4 is 10.1 Å². The standard InChI is InChI=1S/C21H20F3N5O4S/c22-21(23,24)33-17-2-1-3-18(12-17)34(31,32)29-9-6-15(7-10-29)20(30)27-16-4-5-19(26-13-16)28-11-8-25-14-28/h1-5,8,11-15H,6-7,9-10H2,(H,27,30). The van der Waals surface area contributed by atoms with Gasteiger partial charge in [-0.2, -0.15) is 4.31 Å². The van der Waals surface area contributed by atoms with Crippen molar-refractivity contribution in [3.8, 4) is 11.6 Å². The van der Waals surface area contributed by atoms with E-state index >= 15 is 0 Å². The molecule has 3 aromatic rings. The Hall–Kier alpha value is -3.45. The summed E-state index contributed by atoms with van der Waals surface area (Å²) in [7, 11) is -4.04. The Bertz CT molecular complexity index is 1240. The van der Waals surface area contributed by atoms with Crippen LogP contribution in [0.5, 0.6) is 5.75 Å². The Balaban J connectivity index is 1.35. The van der Waals surface area contributed by atoms with Crippen LogP contribution in [0.15, 0.2) is 66.2 Å². The number of nitrogens with one attached hydrogen (secondary N) is 1. The summed E-state index contributed by atoms with van der Waals surface area (Å²) in [4.78, 5) is 20.5. The van der Waals surface area contributed by atoms with Gasteiger partial charge in [-0.25, -0.2) is 18.4 Å². The molecule has 9 nitrogen and oxygen atoms in total. The van der Waals surface area contributed by atoms with Crippen molar-refractivity contribution in [1.82, 2.24) is 18.8 Å². The number of halogens is 3. The number of carbonyl (C=O) groups is 1. The maximum Gasteiger partial charge on any atom is 0.573 e. The van der Waals surface area contributed by atoms with Crippen molar-refractivity contribution in [3.63, 3.8) is 0 Å². The van der Waals surface area contributed by atoms with Gasteiger partial charge in [0.2, 0.25) is 15.9 Å². The van der Waals surface area contributed by atoms with Gasteiger partial charge in [0.1, 0.15) is 17.9 Å². The molecule has 1 N–H and O–H groups in total. The van der Waals surface area contributed by atoms with Gasteiger partial charge >= 0.3 is 6.36 Å². The quantitative estimate of drug-likeness (QED) is 0.563. The smallest absolute Gasteiger partial charge is 0.406 e. The fraction of sp³-hybridized carbons (Fsp3) is 0.286. The molecule has 2 aromatic heterocycles. The summed E-state index contributed by atoms with van der Waals surface area (Å²) < 4.78 is 69.8. The number of hydrogen-bond donors (Lipinski definition) is 1. The molecular weight excluding hydrogens is 475 g/mol. The predicted octanol–water partition coefficient (Wildman–Crippen LogP) is 3.21. The van der Waals surface area contributed by atoms with Crippen molar-refractivity contribution in [2.75, 3.05) is 18.4 Å². The van der Waals surface area contributed by atoms with E-state index in [9.17, 15) is 26.4 Å². The van der Waals surface area contributed by atoms with Crippen molar-refractivity contribution < 1.29 is 31.1 Å². The first-order valence-corrected chi connectivity index (χ1v) is 11.7. The molecule has 0 atom stereocenters. The number of carbonyl (C=O) groups excluding carboxylic acids is 1. The number of benzene rings is 1. The van der Waals surface area contributed by atoms with E-state index in [2.05, 4.69) is 20.0 Å². The van der Waals surface area contributed by atoms with Crippen molar-refractivity contribution >= 4 is 21.6 Å². The lowest BCUT2D eigenvalue weighted by atomic mass is 9.97. The minimum absolute atomic E-state index is 0.0581. The minimum Gasteiger partial charge on any atom is -0.406 e. The second-order valence-corrected chi connectivity index (χ2v) is 9.50. The predicted molar refractivity (Wildman–Crippen MR) is 115 cm³/mol. The highest BCUT2D eigenvalue weighted by molar-refractivity contribution is 7.89. The van der Waals surface area contributed by atoms with Gasteiger partial charge < -0.3 is 10.1 Å². The number of nitrogens with zero attached hydrogens (tertiary/aromatic N) is 4. The Morgan fingerprint density at radius 3 is 2.53 bits per heavy atom. The average molecular weight is 495 g/mol. The molecule has 0 aliphatic carbocycles. The van der Waals surface area contributed by atoms with Gasteiger partial charge in [0.05, 0.1) is 16.8 Å². The van der Waals surface area contributed by atoms with E-state index in [4.69, 9.17) is 0 Å². The number of sulfonamides is 1. The zero-order valence-electron chi connectivity index (χ0n) is 17.6. The molecule has 0 spiro atoms. The summed E-state index contributed by atoms with van der Waals surface area (Å²) in [6, 6.07) is 7.68. The second-order valence-electron chi connectivity index (χ2n) is 7.57. The van der Waals surface area contributed by atoms with Crippen molar-refractivity contribution in [1.29, 1.82) is 0 Å². The third-order valence-corrected chi connectivity index (χ3v) is 7.18. The Kier molecular flexibility index (Phi) is 6.57. The molecule has 13 heteroatoms. The number of pyridine rings is 1. The van der Waals surface area contributed by atoms with E-state index in [1.54, 1.807) is 35.4 Å². The number of imidazole rings is 1. The van der Waals surface area contributed by atoms with Crippen LogP contribution in [-0.4, -0.2) is 52.6 Å². The number of amides is 1. The molecular formula is C21H20F3N5O4S. The third kappa shape index (κ3) is 5.54. The molecule has 1 aliphatic heterocycles. The Morgan fingerprint density at radius 2 is 1.91 bits per heavy atom. The largest absolute Gasteiger partial charge is 0.573 e. The van der Waals surface area contributed by atoms with Crippen LogP contribution in [0.4, 0.5) is 18.9 Å². The first-order chi connectivity index (χ1) is 16.1. The molecule has 180 valence electrons. The summed E-state index contributed by atoms with van der Waals surface area (Å²) in [6.45, 7) is 0.116. The highest BCUT2D eigenvalue weighted by Gasteiger charge is 2.34. The number of piperidine rings is 1. The molecule has 1 amide bonds. The van der Waals surface area contributed by atoms with Crippen LogP contribution >= 0.6 is 0 Å². The summed E-state index contributed by atoms with van der Waals surface area (Å²) in [6.07, 6.45) is 2.09. The second kappa shape index (κ2) is 9.43. The molecule has 0 radical (unpaired) electrons. The monoisotopic (exact) mass is 495 g/mol. The minimum atomic E-state index is -4.93. The van der Waals surface area contributed by atoms with Gasteiger partial charge in [-0.3, -0.25) is 9.36 Å². The van der Waals surface area contributed by atoms with Gasteiger partial charge in [0.15, 0.2) is 0 Å². The van der Waals surface area contributed by atoms with Crippen LogP contribution in [0.1, 0.15) is 12.8 Å². The molecule has 0 bridgehead atoms. The van der Waals surface area contributed by atoms with E-state index in [0.29, 0.717) is 11.5 Å². The molecule has 0 unspecified atom stereocenters. The maximum absolute atomic E-state index is 12.9. The van der Waals surface area contributed by atoms with Gasteiger partial charge in [-0.1, -0.05) is 6.07 Å². The maximum atomic E-state index is 12.9. The number of hydrogen-bond acceptors (Lipinski definition) is 6. The molecule has 34 heavy (non-hydrogen) atoms. The van der Waals surface area contributed by atoms with E-state index in [0.717, 1.165) is 16.4 Å². The molecule has 1 fully saturated rings. The van der Waals surface area contributed by atoms with Crippen LogP contribution in [0, 0.1) is 5.92 Å². The zero-order chi connectivity index (χ0) is 24.3. The van der Waals surface area contributed by atoms with E-state index in [1.807, 2.05) is 0 Å². The van der Waals surface area contributed by atoms with Crippen LogP contribution in [-0.2, 0) is 14.8 Å². The Morgan fingerprint density at radius 1 is 1.15 bits per heavy atom. The van der Waals surface area contributed by atoms with Crippen LogP contribution in [0.3, 0.4) is 0 Å². The number of ether oxygens (including phenoxy) is 1. The normalized spacial score (nSPS) is 15.7. The number of alkyl halides is 3. The van der Waals surface area contributed by atoms with Crippen molar-refractivity contribution in [2.24, 2.45) is 5.92 Å². The lowest BCUT2D eigenvalue weighted by molar-refractivity contribution is -0.274. The zero-order valence-corrected chi connectivity index (χ0v) is 18.5. The first kappa shape index (κ1) is 23.7. The Labute approximate surface area is 193 Å². The topological polar surface area (TPSA) is 106 Å². The summed E-state index contributed by atoms with van der Waals surface area (Å²) >= 11 is 0. The lowest BCUT2D eigenvalue weighted by Gasteiger charge is -2.30. The van der Waals surface area contributed by atoms with Crippen molar-refractivity contribution in [3.05, 3.63) is 61.3 Å². The summed E-state index contributed by atoms with van der Waals surface area (Å²) in [5, 5.41) is 2.78. The van der Waals surface area contributed by atoms with E-state index in [1.165, 1.54) is 18.3 Å². The van der Waals surface area contributed by atoms with Gasteiger partial charge in [0, 0.05) is 37.5 Å². The van der Waals surface area contributed by atoms with Gasteiger partial charge in [0.25, 0.3) is 0 Å². The molecule has 0 saturated carbocycles. The summed E-state index contributed by atoms with van der Waals surface area (Å²) in [5.41, 5.74) is 0.505. The SMILES string of the molecule is O=C(Nc1ccc(-n2ccnc2)nc1)C1CCN(S(=O)(=O)c2cccc(OC(F)(F)F)c2)CC1. The number of aromatic nitrogens is 3. The third-order valence-electron chi connectivity index (χ3n) is 5.29. The van der Waals surface area contributed by atoms with E-state index < -0.39 is 28.1 Å². The summed E-state index contributed by atoms with van der Waals surface area (Å²) in [5.74, 6) is -0.649. The fourth-order valence-electron chi connectivity index (χ4n) is 3.59. The average Bonchev–Trinajstić information content (AvgIpc) is 3.34. The highest BCUT2D eigenvalue weighted by Crippen LogP contribution is 2.29. The fourth-order valence-corrected chi connectivity index (χ4v) is 5.10. The van der Waals surface area contributed by atoms with E-state index in [-0.39, 0.29) is 36.7 Å². The van der Waals surface area contributed by atoms with Gasteiger partial charge in [-0.05, 0) is 37.1 Å². The molecule has 4 rings (SSSR count). The molecule has 1 saturated heterocycles. The van der Waals surface area contributed by atoms with Crippen molar-refractivity contribution in [2.45, 2.75) is 24.1 Å². The van der Waals surface area contributed by atoms with Crippen LogP contribution in [0.25, 0.3) is 5.82 Å². The lowest BCUT2D eigenvalue weighted by Crippen LogP contribution is -2.41. The van der Waals surface area contributed by atoms with Gasteiger partial charge in [-0.15, -0.1) is 13.2 Å². The first-order valence-electron chi connectivity index (χ1n) is 10.2. The molecule has 1 aliphatic rings. The number of rotatable bonds is 6. The van der Waals surface area contributed by atoms with Crippen LogP contribution in [0.2, 0.25) is 0 Å².